The van der Waals surface area contributed by atoms with Gasteiger partial charge < -0.3 is 19.7 Å². The first-order valence-corrected chi connectivity index (χ1v) is 4.46. The summed E-state index contributed by atoms with van der Waals surface area (Å²) in [5, 5.41) is 15.6. The van der Waals surface area contributed by atoms with Crippen LogP contribution in [0.1, 0.15) is 19.8 Å². The molecule has 0 bridgehead atoms. The van der Waals surface area contributed by atoms with Gasteiger partial charge in [0.15, 0.2) is 0 Å². The van der Waals surface area contributed by atoms with Gasteiger partial charge in [0, 0.05) is 14.0 Å². The van der Waals surface area contributed by atoms with Gasteiger partial charge >= 0.3 is 11.9 Å². The van der Waals surface area contributed by atoms with Crippen molar-refractivity contribution < 1.29 is 34.1 Å². The number of methoxy groups -OCH3 is 1. The number of carboxylic acids is 2. The number of carbonyl (C=O) groups excluding carboxylic acids is 1. The number of carbonyl (C=O) groups is 3. The third-order valence-corrected chi connectivity index (χ3v) is 1.09. The Labute approximate surface area is 93.0 Å². The van der Waals surface area contributed by atoms with Crippen LogP contribution in [0.4, 0.5) is 0 Å². The van der Waals surface area contributed by atoms with Crippen molar-refractivity contribution in [2.45, 2.75) is 19.8 Å². The number of hydrogen-bond acceptors (Lipinski definition) is 5. The summed E-state index contributed by atoms with van der Waals surface area (Å²) in [7, 11) is 1.49. The van der Waals surface area contributed by atoms with Gasteiger partial charge in [0.1, 0.15) is 6.61 Å². The molecule has 0 aliphatic heterocycles. The minimum absolute atomic E-state index is 0.0843. The number of ether oxygens (including phenoxy) is 2. The van der Waals surface area contributed by atoms with E-state index in [4.69, 9.17) is 15.0 Å². The number of rotatable bonds is 6. The zero-order valence-electron chi connectivity index (χ0n) is 9.26. The molecular formula is C9H16O7. The first-order chi connectivity index (χ1) is 7.40. The number of esters is 1. The number of carboxylic acid groups (broad SMARTS) is 2. The molecule has 0 aliphatic carbocycles. The fourth-order valence-electron chi connectivity index (χ4n) is 0.520. The van der Waals surface area contributed by atoms with Crippen LogP contribution in [0.3, 0.4) is 0 Å². The normalized spacial score (nSPS) is 8.62. The highest BCUT2D eigenvalue weighted by molar-refractivity contribution is 5.76. The molecule has 0 aromatic carbocycles. The Morgan fingerprint density at radius 2 is 1.56 bits per heavy atom. The molecule has 0 saturated carbocycles. The summed E-state index contributed by atoms with van der Waals surface area (Å²) in [6.07, 6.45) is -0.273. The van der Waals surface area contributed by atoms with E-state index in [1.807, 2.05) is 0 Å². The molecule has 0 aliphatic rings. The molecule has 2 N–H and O–H groups in total. The highest BCUT2D eigenvalue weighted by Crippen LogP contribution is 1.92. The zero-order chi connectivity index (χ0) is 13.0. The summed E-state index contributed by atoms with van der Waals surface area (Å²) in [6, 6.07) is 0. The molecule has 0 saturated heterocycles. The summed E-state index contributed by atoms with van der Waals surface area (Å²) >= 11 is 0. The van der Waals surface area contributed by atoms with Gasteiger partial charge in [0.05, 0.1) is 19.4 Å². The molecule has 0 heterocycles. The Bertz CT molecular complexity index is 220. The maximum absolute atomic E-state index is 10.7. The van der Waals surface area contributed by atoms with Gasteiger partial charge in [-0.05, 0) is 0 Å². The minimum atomic E-state index is -1.00. The predicted molar refractivity (Wildman–Crippen MR) is 53.0 cm³/mol. The van der Waals surface area contributed by atoms with E-state index in [1.54, 1.807) is 0 Å². The van der Waals surface area contributed by atoms with Gasteiger partial charge in [-0.1, -0.05) is 0 Å². The molecule has 0 aromatic heterocycles. The van der Waals surface area contributed by atoms with Crippen molar-refractivity contribution in [3.8, 4) is 0 Å². The molecule has 7 heteroatoms. The number of aliphatic carboxylic acids is 2. The first kappa shape index (κ1) is 16.8. The highest BCUT2D eigenvalue weighted by Gasteiger charge is 2.05. The van der Waals surface area contributed by atoms with Crippen LogP contribution >= 0.6 is 0 Å². The van der Waals surface area contributed by atoms with Crippen LogP contribution in [-0.2, 0) is 23.9 Å². The third-order valence-electron chi connectivity index (χ3n) is 1.09. The topological polar surface area (TPSA) is 110 Å². The molecule has 0 aromatic rings. The molecule has 0 atom stereocenters. The summed E-state index contributed by atoms with van der Waals surface area (Å²) in [4.78, 5) is 29.7. The average Bonchev–Trinajstić information content (AvgIpc) is 2.14. The SMILES string of the molecule is CC(=O)O.COCCOC(=O)CCC(=O)O. The van der Waals surface area contributed by atoms with E-state index >= 15 is 0 Å². The van der Waals surface area contributed by atoms with Crippen LogP contribution < -0.4 is 0 Å². The summed E-state index contributed by atoms with van der Waals surface area (Å²) in [5.41, 5.74) is 0. The molecule has 0 unspecified atom stereocenters. The Hall–Kier alpha value is -1.63. The van der Waals surface area contributed by atoms with Crippen molar-refractivity contribution in [2.24, 2.45) is 0 Å². The summed E-state index contributed by atoms with van der Waals surface area (Å²) in [5.74, 6) is -2.34. The zero-order valence-corrected chi connectivity index (χ0v) is 9.26. The fraction of sp³-hybridized carbons (Fsp3) is 0.667. The lowest BCUT2D eigenvalue weighted by Gasteiger charge is -2.01. The smallest absolute Gasteiger partial charge is 0.306 e. The molecular weight excluding hydrogens is 220 g/mol. The second kappa shape index (κ2) is 11.4. The van der Waals surface area contributed by atoms with Gasteiger partial charge in [0.25, 0.3) is 5.97 Å². The predicted octanol–water partition coefficient (Wildman–Crippen LogP) is 0.132. The fourth-order valence-corrected chi connectivity index (χ4v) is 0.520. The van der Waals surface area contributed by atoms with Gasteiger partial charge in [-0.15, -0.1) is 0 Å². The number of hydrogen-bond donors (Lipinski definition) is 2. The van der Waals surface area contributed by atoms with E-state index in [0.29, 0.717) is 6.61 Å². The molecule has 0 radical (unpaired) electrons. The highest BCUT2D eigenvalue weighted by atomic mass is 16.6. The monoisotopic (exact) mass is 236 g/mol. The van der Waals surface area contributed by atoms with E-state index in [2.05, 4.69) is 9.47 Å². The first-order valence-electron chi connectivity index (χ1n) is 4.46. The van der Waals surface area contributed by atoms with E-state index in [-0.39, 0.29) is 19.4 Å². The van der Waals surface area contributed by atoms with Crippen LogP contribution in [0.2, 0.25) is 0 Å². The van der Waals surface area contributed by atoms with Gasteiger partial charge in [-0.25, -0.2) is 0 Å². The Kier molecular flexibility index (Phi) is 12.0. The second-order valence-corrected chi connectivity index (χ2v) is 2.63. The molecule has 0 fully saturated rings. The molecule has 0 spiro atoms. The van der Waals surface area contributed by atoms with Crippen molar-refractivity contribution in [3.63, 3.8) is 0 Å². The van der Waals surface area contributed by atoms with Crippen LogP contribution in [0.5, 0.6) is 0 Å². The maximum atomic E-state index is 10.7. The lowest BCUT2D eigenvalue weighted by molar-refractivity contribution is -0.148. The van der Waals surface area contributed by atoms with E-state index in [9.17, 15) is 9.59 Å². The second-order valence-electron chi connectivity index (χ2n) is 2.63. The molecule has 16 heavy (non-hydrogen) atoms. The Balaban J connectivity index is 0. The Morgan fingerprint density at radius 1 is 1.06 bits per heavy atom. The third kappa shape index (κ3) is 22.8. The van der Waals surface area contributed by atoms with Gasteiger partial charge in [-0.3, -0.25) is 14.4 Å². The average molecular weight is 236 g/mol. The van der Waals surface area contributed by atoms with Gasteiger partial charge in [-0.2, -0.15) is 0 Å². The summed E-state index contributed by atoms with van der Waals surface area (Å²) in [6.45, 7) is 1.59. The maximum Gasteiger partial charge on any atom is 0.306 e. The standard InChI is InChI=1S/C7H12O5.C2H4O2/c1-11-4-5-12-7(10)3-2-6(8)9;1-2(3)4/h2-5H2,1H3,(H,8,9);1H3,(H,3,4). The quantitative estimate of drug-likeness (QED) is 0.498. The largest absolute Gasteiger partial charge is 0.481 e. The van der Waals surface area contributed by atoms with Crippen molar-refractivity contribution in [3.05, 3.63) is 0 Å². The minimum Gasteiger partial charge on any atom is -0.481 e. The van der Waals surface area contributed by atoms with E-state index in [1.165, 1.54) is 7.11 Å². The Morgan fingerprint density at radius 3 is 1.94 bits per heavy atom. The molecule has 0 rings (SSSR count). The van der Waals surface area contributed by atoms with Gasteiger partial charge in [0.2, 0.25) is 0 Å². The molecule has 0 amide bonds. The molecule has 94 valence electrons. The van der Waals surface area contributed by atoms with Crippen LogP contribution in [0.15, 0.2) is 0 Å². The van der Waals surface area contributed by atoms with Crippen molar-refractivity contribution in [2.75, 3.05) is 20.3 Å². The lowest BCUT2D eigenvalue weighted by atomic mass is 10.3. The van der Waals surface area contributed by atoms with Crippen molar-refractivity contribution >= 4 is 17.9 Å². The molecule has 7 nitrogen and oxygen atoms in total. The van der Waals surface area contributed by atoms with E-state index in [0.717, 1.165) is 6.92 Å². The van der Waals surface area contributed by atoms with Crippen molar-refractivity contribution in [1.82, 2.24) is 0 Å². The van der Waals surface area contributed by atoms with Crippen LogP contribution in [-0.4, -0.2) is 48.4 Å². The van der Waals surface area contributed by atoms with Crippen LogP contribution in [0.25, 0.3) is 0 Å². The van der Waals surface area contributed by atoms with Crippen LogP contribution in [0, 0.1) is 0 Å². The van der Waals surface area contributed by atoms with Crippen molar-refractivity contribution in [1.29, 1.82) is 0 Å². The lowest BCUT2D eigenvalue weighted by Crippen LogP contribution is -2.10. The van der Waals surface area contributed by atoms with E-state index < -0.39 is 17.9 Å². The summed E-state index contributed by atoms with van der Waals surface area (Å²) < 4.78 is 9.23.